The maximum atomic E-state index is 5.77. The average molecular weight is 183 g/mol. The van der Waals surface area contributed by atoms with Crippen molar-refractivity contribution < 1.29 is 4.74 Å². The summed E-state index contributed by atoms with van der Waals surface area (Å²) in [5, 5.41) is 0. The van der Waals surface area contributed by atoms with Crippen LogP contribution in [-0.4, -0.2) is 7.11 Å². The number of anilines is 1. The number of thiol groups is 1. The van der Waals surface area contributed by atoms with E-state index in [-0.39, 0.29) is 0 Å². The van der Waals surface area contributed by atoms with Crippen LogP contribution >= 0.6 is 12.6 Å². The van der Waals surface area contributed by atoms with Gasteiger partial charge in [0.2, 0.25) is 0 Å². The summed E-state index contributed by atoms with van der Waals surface area (Å²) in [5.74, 6) is 0.755. The third-order valence-corrected chi connectivity index (χ3v) is 2.23. The number of hydrogen-bond acceptors (Lipinski definition) is 3. The molecular formula is C9H13NOS. The molecule has 0 bridgehead atoms. The Morgan fingerprint density at radius 3 is 2.67 bits per heavy atom. The first-order valence-corrected chi connectivity index (χ1v) is 4.29. The van der Waals surface area contributed by atoms with Gasteiger partial charge in [0, 0.05) is 4.90 Å². The standard InChI is InChI=1S/C9H13NOS/c1-3-6-4-5-7(12)8(10)9(6)11-2/h4-5,12H,3,10H2,1-2H3. The predicted octanol–water partition coefficient (Wildman–Crippen LogP) is 2.13. The summed E-state index contributed by atoms with van der Waals surface area (Å²) in [6, 6.07) is 3.87. The molecule has 2 nitrogen and oxygen atoms in total. The molecule has 0 aliphatic rings. The number of rotatable bonds is 2. The molecular weight excluding hydrogens is 170 g/mol. The summed E-state index contributed by atoms with van der Waals surface area (Å²) in [6.45, 7) is 2.06. The molecule has 0 fully saturated rings. The zero-order valence-electron chi connectivity index (χ0n) is 7.29. The summed E-state index contributed by atoms with van der Waals surface area (Å²) in [4.78, 5) is 0.768. The lowest BCUT2D eigenvalue weighted by Crippen LogP contribution is -1.97. The number of benzene rings is 1. The molecule has 0 aromatic heterocycles. The second kappa shape index (κ2) is 3.72. The fourth-order valence-electron chi connectivity index (χ4n) is 1.15. The molecule has 0 saturated heterocycles. The lowest BCUT2D eigenvalue weighted by atomic mass is 10.1. The Morgan fingerprint density at radius 1 is 1.50 bits per heavy atom. The van der Waals surface area contributed by atoms with E-state index >= 15 is 0 Å². The lowest BCUT2D eigenvalue weighted by Gasteiger charge is -2.10. The zero-order chi connectivity index (χ0) is 9.14. The van der Waals surface area contributed by atoms with Gasteiger partial charge >= 0.3 is 0 Å². The summed E-state index contributed by atoms with van der Waals surface area (Å²) in [6.07, 6.45) is 0.918. The van der Waals surface area contributed by atoms with Crippen molar-refractivity contribution in [2.45, 2.75) is 18.2 Å². The normalized spacial score (nSPS) is 9.92. The van der Waals surface area contributed by atoms with Crippen LogP contribution in [0.4, 0.5) is 5.69 Å². The van der Waals surface area contributed by atoms with Crippen molar-refractivity contribution in [3.05, 3.63) is 17.7 Å². The third-order valence-electron chi connectivity index (χ3n) is 1.84. The summed E-state index contributed by atoms with van der Waals surface area (Å²) in [5.41, 5.74) is 7.51. The molecule has 0 saturated carbocycles. The molecule has 1 rings (SSSR count). The van der Waals surface area contributed by atoms with Gasteiger partial charge in [-0.05, 0) is 18.1 Å². The van der Waals surface area contributed by atoms with Crippen LogP contribution in [-0.2, 0) is 6.42 Å². The van der Waals surface area contributed by atoms with Crippen LogP contribution in [0, 0.1) is 0 Å². The number of ether oxygens (including phenoxy) is 1. The van der Waals surface area contributed by atoms with E-state index < -0.39 is 0 Å². The second-order valence-corrected chi connectivity index (χ2v) is 3.03. The molecule has 0 atom stereocenters. The van der Waals surface area contributed by atoms with Crippen LogP contribution in [0.3, 0.4) is 0 Å². The van der Waals surface area contributed by atoms with Crippen molar-refractivity contribution in [2.75, 3.05) is 12.8 Å². The van der Waals surface area contributed by atoms with Crippen molar-refractivity contribution in [2.24, 2.45) is 0 Å². The number of aryl methyl sites for hydroxylation is 1. The highest BCUT2D eigenvalue weighted by molar-refractivity contribution is 7.80. The third kappa shape index (κ3) is 1.50. The smallest absolute Gasteiger partial charge is 0.146 e. The fraction of sp³-hybridized carbons (Fsp3) is 0.333. The van der Waals surface area contributed by atoms with Crippen LogP contribution in [0.2, 0.25) is 0 Å². The highest BCUT2D eigenvalue weighted by atomic mass is 32.1. The minimum atomic E-state index is 0.625. The van der Waals surface area contributed by atoms with Crippen molar-refractivity contribution in [1.82, 2.24) is 0 Å². The maximum Gasteiger partial charge on any atom is 0.146 e. The molecule has 3 heteroatoms. The maximum absolute atomic E-state index is 5.77. The molecule has 0 aliphatic heterocycles. The Bertz CT molecular complexity index is 286. The number of hydrogen-bond donors (Lipinski definition) is 2. The molecule has 2 N–H and O–H groups in total. The molecule has 0 aliphatic carbocycles. The van der Waals surface area contributed by atoms with Crippen LogP contribution in [0.1, 0.15) is 12.5 Å². The Morgan fingerprint density at radius 2 is 2.17 bits per heavy atom. The van der Waals surface area contributed by atoms with Gasteiger partial charge in [-0.25, -0.2) is 0 Å². The Hall–Kier alpha value is -0.830. The van der Waals surface area contributed by atoms with Crippen LogP contribution in [0.25, 0.3) is 0 Å². The van der Waals surface area contributed by atoms with Gasteiger partial charge in [0.15, 0.2) is 0 Å². The van der Waals surface area contributed by atoms with Gasteiger partial charge in [0.25, 0.3) is 0 Å². The molecule has 1 aromatic carbocycles. The van der Waals surface area contributed by atoms with E-state index in [4.69, 9.17) is 10.5 Å². The largest absolute Gasteiger partial charge is 0.494 e. The van der Waals surface area contributed by atoms with Crippen molar-refractivity contribution >= 4 is 18.3 Å². The fourth-order valence-corrected chi connectivity index (χ4v) is 1.33. The number of nitrogens with two attached hydrogens (primary N) is 1. The summed E-state index contributed by atoms with van der Waals surface area (Å²) >= 11 is 4.20. The topological polar surface area (TPSA) is 35.2 Å². The molecule has 0 spiro atoms. The van der Waals surface area contributed by atoms with Gasteiger partial charge < -0.3 is 10.5 Å². The van der Waals surface area contributed by atoms with Gasteiger partial charge in [-0.15, -0.1) is 12.6 Å². The number of nitrogen functional groups attached to an aromatic ring is 1. The van der Waals surface area contributed by atoms with Gasteiger partial charge in [0.1, 0.15) is 5.75 Å². The first kappa shape index (κ1) is 9.26. The van der Waals surface area contributed by atoms with E-state index in [0.29, 0.717) is 5.69 Å². The minimum absolute atomic E-state index is 0.625. The molecule has 1 aromatic rings. The van der Waals surface area contributed by atoms with Crippen molar-refractivity contribution in [3.63, 3.8) is 0 Å². The monoisotopic (exact) mass is 183 g/mol. The first-order valence-electron chi connectivity index (χ1n) is 3.85. The predicted molar refractivity (Wildman–Crippen MR) is 54.0 cm³/mol. The van der Waals surface area contributed by atoms with Gasteiger partial charge in [-0.1, -0.05) is 13.0 Å². The van der Waals surface area contributed by atoms with Crippen LogP contribution < -0.4 is 10.5 Å². The number of methoxy groups -OCH3 is 1. The molecule has 0 unspecified atom stereocenters. The van der Waals surface area contributed by atoms with Crippen LogP contribution in [0.5, 0.6) is 5.75 Å². The second-order valence-electron chi connectivity index (χ2n) is 2.54. The highest BCUT2D eigenvalue weighted by Crippen LogP contribution is 2.31. The molecule has 0 heterocycles. The van der Waals surface area contributed by atoms with E-state index in [1.807, 2.05) is 12.1 Å². The van der Waals surface area contributed by atoms with E-state index in [9.17, 15) is 0 Å². The Labute approximate surface area is 78.1 Å². The summed E-state index contributed by atoms with van der Waals surface area (Å²) in [7, 11) is 1.62. The van der Waals surface area contributed by atoms with E-state index in [0.717, 1.165) is 22.6 Å². The molecule has 0 radical (unpaired) electrons. The first-order chi connectivity index (χ1) is 5.70. The Kier molecular flexibility index (Phi) is 2.87. The quantitative estimate of drug-likeness (QED) is 0.544. The van der Waals surface area contributed by atoms with E-state index in [1.165, 1.54) is 0 Å². The molecule has 12 heavy (non-hydrogen) atoms. The SMILES string of the molecule is CCc1ccc(S)c(N)c1OC. The minimum Gasteiger partial charge on any atom is -0.494 e. The molecule has 0 amide bonds. The molecule has 66 valence electrons. The van der Waals surface area contributed by atoms with Crippen LogP contribution in [0.15, 0.2) is 17.0 Å². The van der Waals surface area contributed by atoms with E-state index in [1.54, 1.807) is 7.11 Å². The Balaban J connectivity index is 3.25. The van der Waals surface area contributed by atoms with Gasteiger partial charge in [-0.2, -0.15) is 0 Å². The highest BCUT2D eigenvalue weighted by Gasteiger charge is 2.07. The van der Waals surface area contributed by atoms with Crippen molar-refractivity contribution in [1.29, 1.82) is 0 Å². The lowest BCUT2D eigenvalue weighted by molar-refractivity contribution is 0.411. The van der Waals surface area contributed by atoms with Crippen molar-refractivity contribution in [3.8, 4) is 5.75 Å². The summed E-state index contributed by atoms with van der Waals surface area (Å²) < 4.78 is 5.17. The van der Waals surface area contributed by atoms with Gasteiger partial charge in [0.05, 0.1) is 12.8 Å². The zero-order valence-corrected chi connectivity index (χ0v) is 8.19. The average Bonchev–Trinajstić information content (AvgIpc) is 2.09. The van der Waals surface area contributed by atoms with E-state index in [2.05, 4.69) is 19.6 Å². The van der Waals surface area contributed by atoms with Gasteiger partial charge in [-0.3, -0.25) is 0 Å².